The minimum absolute atomic E-state index is 0.212. The van der Waals surface area contributed by atoms with Crippen LogP contribution in [-0.4, -0.2) is 12.6 Å². The fourth-order valence-electron chi connectivity index (χ4n) is 2.77. The molecule has 0 N–H and O–H groups in total. The summed E-state index contributed by atoms with van der Waals surface area (Å²) in [4.78, 5) is 12.2. The van der Waals surface area contributed by atoms with E-state index in [0.29, 0.717) is 6.42 Å². The molecule has 0 aliphatic rings. The van der Waals surface area contributed by atoms with E-state index in [0.717, 1.165) is 24.8 Å². The maximum atomic E-state index is 14.9. The van der Waals surface area contributed by atoms with Gasteiger partial charge in [0, 0.05) is 5.92 Å². The lowest BCUT2D eigenvalue weighted by Crippen LogP contribution is -2.12. The van der Waals surface area contributed by atoms with Gasteiger partial charge in [0.15, 0.2) is 0 Å². The van der Waals surface area contributed by atoms with Gasteiger partial charge < -0.3 is 4.74 Å². The largest absolute Gasteiger partial charge is 0.463 e. The molecule has 0 aliphatic carbocycles. The van der Waals surface area contributed by atoms with Gasteiger partial charge >= 0.3 is 5.97 Å². The number of benzene rings is 1. The highest BCUT2D eigenvalue weighted by molar-refractivity contribution is 5.89. The Hall–Kier alpha value is -1.64. The van der Waals surface area contributed by atoms with Gasteiger partial charge in [-0.05, 0) is 25.3 Å². The Balaban J connectivity index is 2.77. The van der Waals surface area contributed by atoms with Crippen LogP contribution in [0.5, 0.6) is 0 Å². The van der Waals surface area contributed by atoms with Gasteiger partial charge in [-0.3, -0.25) is 0 Å². The molecule has 2 nitrogen and oxygen atoms in total. The van der Waals surface area contributed by atoms with E-state index in [9.17, 15) is 9.18 Å². The van der Waals surface area contributed by atoms with Gasteiger partial charge in [-0.25, -0.2) is 9.18 Å². The molecule has 0 aromatic heterocycles. The zero-order valence-electron chi connectivity index (χ0n) is 15.3. The zero-order chi connectivity index (χ0) is 17.8. The van der Waals surface area contributed by atoms with Crippen molar-refractivity contribution in [1.82, 2.24) is 0 Å². The summed E-state index contributed by atoms with van der Waals surface area (Å²) in [6.07, 6.45) is 7.09. The van der Waals surface area contributed by atoms with E-state index in [-0.39, 0.29) is 18.0 Å². The van der Waals surface area contributed by atoms with Crippen molar-refractivity contribution in [3.05, 3.63) is 47.3 Å². The van der Waals surface area contributed by atoms with Crippen LogP contribution >= 0.6 is 0 Å². The number of allylic oxidation sites excluding steroid dienone is 1. The molecule has 1 aromatic rings. The molecule has 0 radical (unpaired) electrons. The SMILES string of the molecule is CCCCCCCC/C(C(=O)OCC)=C(\F)[C@H](C)c1ccccc1. The van der Waals surface area contributed by atoms with Crippen LogP contribution in [0, 0.1) is 0 Å². The molecule has 0 amide bonds. The first-order valence-electron chi connectivity index (χ1n) is 9.22. The number of hydrogen-bond donors (Lipinski definition) is 0. The second kappa shape index (κ2) is 11.8. The molecule has 0 unspecified atom stereocenters. The molecule has 3 heteroatoms. The summed E-state index contributed by atoms with van der Waals surface area (Å²) < 4.78 is 20.0. The standard InChI is InChI=1S/C21H31FO2/c1-4-6-7-8-9-13-16-19(21(23)24-5-2)20(22)17(3)18-14-11-10-12-15-18/h10-12,14-15,17H,4-9,13,16H2,1-3H3/b20-19+/t17-/m1/s1. The van der Waals surface area contributed by atoms with Crippen molar-refractivity contribution in [3.63, 3.8) is 0 Å². The third kappa shape index (κ3) is 6.86. The first-order valence-corrected chi connectivity index (χ1v) is 9.22. The zero-order valence-corrected chi connectivity index (χ0v) is 15.3. The van der Waals surface area contributed by atoms with Crippen molar-refractivity contribution in [1.29, 1.82) is 0 Å². The van der Waals surface area contributed by atoms with Crippen LogP contribution in [0.1, 0.15) is 77.2 Å². The number of esters is 1. The van der Waals surface area contributed by atoms with Crippen molar-refractivity contribution in [2.45, 2.75) is 71.6 Å². The summed E-state index contributed by atoms with van der Waals surface area (Å²) in [5.41, 5.74) is 1.09. The lowest BCUT2D eigenvalue weighted by atomic mass is 9.94. The lowest BCUT2D eigenvalue weighted by Gasteiger charge is -2.15. The Kier molecular flexibility index (Phi) is 10.1. The average Bonchev–Trinajstić information content (AvgIpc) is 2.61. The Labute approximate surface area is 146 Å². The van der Waals surface area contributed by atoms with Crippen molar-refractivity contribution in [2.24, 2.45) is 0 Å². The fraction of sp³-hybridized carbons (Fsp3) is 0.571. The molecule has 0 spiro atoms. The first kappa shape index (κ1) is 20.4. The summed E-state index contributed by atoms with van der Waals surface area (Å²) in [7, 11) is 0. The summed E-state index contributed by atoms with van der Waals surface area (Å²) in [5.74, 6) is -1.29. The van der Waals surface area contributed by atoms with Crippen LogP contribution in [0.4, 0.5) is 4.39 Å². The lowest BCUT2D eigenvalue weighted by molar-refractivity contribution is -0.138. The predicted molar refractivity (Wildman–Crippen MR) is 97.6 cm³/mol. The van der Waals surface area contributed by atoms with E-state index in [1.807, 2.05) is 30.3 Å². The third-order valence-electron chi connectivity index (χ3n) is 4.27. The Morgan fingerprint density at radius 3 is 2.29 bits per heavy atom. The van der Waals surface area contributed by atoms with Gasteiger partial charge in [0.05, 0.1) is 12.2 Å². The number of ether oxygens (including phenoxy) is 1. The van der Waals surface area contributed by atoms with Crippen molar-refractivity contribution < 1.29 is 13.9 Å². The molecule has 0 saturated heterocycles. The molecule has 0 saturated carbocycles. The molecule has 134 valence electrons. The number of hydrogen-bond acceptors (Lipinski definition) is 2. The molecule has 0 heterocycles. The molecule has 24 heavy (non-hydrogen) atoms. The van der Waals surface area contributed by atoms with Crippen LogP contribution in [0.2, 0.25) is 0 Å². The van der Waals surface area contributed by atoms with Gasteiger partial charge in [0.2, 0.25) is 0 Å². The first-order chi connectivity index (χ1) is 11.6. The van der Waals surface area contributed by atoms with Crippen molar-refractivity contribution >= 4 is 5.97 Å². The molecular weight excluding hydrogens is 303 g/mol. The van der Waals surface area contributed by atoms with Crippen molar-refractivity contribution in [3.8, 4) is 0 Å². The number of halogens is 1. The van der Waals surface area contributed by atoms with E-state index in [4.69, 9.17) is 4.74 Å². The van der Waals surface area contributed by atoms with E-state index < -0.39 is 11.9 Å². The second-order valence-corrected chi connectivity index (χ2v) is 6.20. The van der Waals surface area contributed by atoms with Gasteiger partial charge in [0.25, 0.3) is 0 Å². The van der Waals surface area contributed by atoms with Crippen LogP contribution in [0.15, 0.2) is 41.7 Å². The van der Waals surface area contributed by atoms with Crippen molar-refractivity contribution in [2.75, 3.05) is 6.61 Å². The van der Waals surface area contributed by atoms with Crippen LogP contribution in [-0.2, 0) is 9.53 Å². The monoisotopic (exact) mass is 334 g/mol. The van der Waals surface area contributed by atoms with E-state index >= 15 is 0 Å². The summed E-state index contributed by atoms with van der Waals surface area (Å²) in [5, 5.41) is 0. The number of unbranched alkanes of at least 4 members (excludes halogenated alkanes) is 5. The third-order valence-corrected chi connectivity index (χ3v) is 4.27. The second-order valence-electron chi connectivity index (χ2n) is 6.20. The van der Waals surface area contributed by atoms with Gasteiger partial charge in [0.1, 0.15) is 5.83 Å². The van der Waals surface area contributed by atoms with E-state index in [1.165, 1.54) is 19.3 Å². The Morgan fingerprint density at radius 2 is 1.67 bits per heavy atom. The maximum Gasteiger partial charge on any atom is 0.336 e. The molecule has 0 aliphatic heterocycles. The summed E-state index contributed by atoms with van der Waals surface area (Å²) >= 11 is 0. The van der Waals surface area contributed by atoms with E-state index in [1.54, 1.807) is 13.8 Å². The minimum atomic E-state index is -0.508. The van der Waals surface area contributed by atoms with Crippen LogP contribution < -0.4 is 0 Å². The Morgan fingerprint density at radius 1 is 1.04 bits per heavy atom. The number of carbonyl (C=O) groups is 1. The van der Waals surface area contributed by atoms with Gasteiger partial charge in [-0.1, -0.05) is 76.3 Å². The minimum Gasteiger partial charge on any atom is -0.463 e. The highest BCUT2D eigenvalue weighted by atomic mass is 19.1. The van der Waals surface area contributed by atoms with Gasteiger partial charge in [-0.15, -0.1) is 0 Å². The summed E-state index contributed by atoms with van der Waals surface area (Å²) in [6.45, 7) is 6.00. The molecule has 1 aromatic carbocycles. The molecule has 1 rings (SSSR count). The van der Waals surface area contributed by atoms with E-state index in [2.05, 4.69) is 6.92 Å². The maximum absolute atomic E-state index is 14.9. The number of rotatable bonds is 11. The Bertz CT molecular complexity index is 508. The fourth-order valence-corrected chi connectivity index (χ4v) is 2.77. The quantitative estimate of drug-likeness (QED) is 0.268. The smallest absolute Gasteiger partial charge is 0.336 e. The molecule has 0 bridgehead atoms. The highest BCUT2D eigenvalue weighted by Crippen LogP contribution is 2.30. The van der Waals surface area contributed by atoms with Crippen LogP contribution in [0.25, 0.3) is 0 Å². The topological polar surface area (TPSA) is 26.3 Å². The normalized spacial score (nSPS) is 13.3. The molecule has 0 fully saturated rings. The van der Waals surface area contributed by atoms with Crippen LogP contribution in [0.3, 0.4) is 0 Å². The van der Waals surface area contributed by atoms with Gasteiger partial charge in [-0.2, -0.15) is 0 Å². The molecular formula is C21H31FO2. The predicted octanol–water partition coefficient (Wildman–Crippen LogP) is 6.33. The summed E-state index contributed by atoms with van der Waals surface area (Å²) in [6, 6.07) is 9.45. The number of carbonyl (C=O) groups excluding carboxylic acids is 1. The highest BCUT2D eigenvalue weighted by Gasteiger charge is 2.22. The molecule has 1 atom stereocenters. The average molecular weight is 334 g/mol.